The lowest BCUT2D eigenvalue weighted by atomic mass is 10.0. The van der Waals surface area contributed by atoms with E-state index in [4.69, 9.17) is 9.84 Å². The van der Waals surface area contributed by atoms with Crippen LogP contribution >= 0.6 is 0 Å². The van der Waals surface area contributed by atoms with Gasteiger partial charge in [-0.1, -0.05) is 6.07 Å². The minimum Gasteiger partial charge on any atom is -0.495 e. The SMILES string of the molecule is COc1ccc(C=S(=O)=O)cc1NC(C)(C)C(=O)O. The molecule has 0 aliphatic carbocycles. The van der Waals surface area contributed by atoms with E-state index in [1.165, 1.54) is 27.0 Å². The Morgan fingerprint density at radius 3 is 2.53 bits per heavy atom. The van der Waals surface area contributed by atoms with Crippen LogP contribution in [0.4, 0.5) is 5.69 Å². The number of carboxylic acids is 1. The normalized spacial score (nSPS) is 10.7. The highest BCUT2D eigenvalue weighted by Gasteiger charge is 2.27. The first-order valence-electron chi connectivity index (χ1n) is 5.39. The van der Waals surface area contributed by atoms with E-state index in [1.807, 2.05) is 0 Å². The zero-order valence-corrected chi connectivity index (χ0v) is 11.6. The molecule has 19 heavy (non-hydrogen) atoms. The summed E-state index contributed by atoms with van der Waals surface area (Å²) in [5, 5.41) is 12.9. The van der Waals surface area contributed by atoms with Gasteiger partial charge < -0.3 is 15.2 Å². The third-order valence-electron chi connectivity index (χ3n) is 2.44. The average Bonchev–Trinajstić information content (AvgIpc) is 2.27. The summed E-state index contributed by atoms with van der Waals surface area (Å²) in [6.45, 7) is 2.99. The summed E-state index contributed by atoms with van der Waals surface area (Å²) in [6.07, 6.45) is 0. The molecule has 0 spiro atoms. The summed E-state index contributed by atoms with van der Waals surface area (Å²) in [5.41, 5.74) is -0.366. The molecule has 0 bridgehead atoms. The second kappa shape index (κ2) is 5.75. The van der Waals surface area contributed by atoms with Crippen molar-refractivity contribution in [3.8, 4) is 5.75 Å². The highest BCUT2D eigenvalue weighted by Crippen LogP contribution is 2.28. The Morgan fingerprint density at radius 2 is 2.05 bits per heavy atom. The van der Waals surface area contributed by atoms with Crippen LogP contribution in [0.2, 0.25) is 0 Å². The predicted molar refractivity (Wildman–Crippen MR) is 72.4 cm³/mol. The summed E-state index contributed by atoms with van der Waals surface area (Å²) in [4.78, 5) is 11.1. The number of anilines is 1. The van der Waals surface area contributed by atoms with E-state index >= 15 is 0 Å². The minimum atomic E-state index is -2.33. The molecule has 0 unspecified atom stereocenters. The minimum absolute atomic E-state index is 0.411. The average molecular weight is 285 g/mol. The summed E-state index contributed by atoms with van der Waals surface area (Å²) >= 11 is 0. The van der Waals surface area contributed by atoms with Gasteiger partial charge in [-0.3, -0.25) is 0 Å². The Balaban J connectivity index is 3.24. The molecule has 6 nitrogen and oxygen atoms in total. The van der Waals surface area contributed by atoms with E-state index in [9.17, 15) is 13.2 Å². The van der Waals surface area contributed by atoms with Crippen LogP contribution in [0.25, 0.3) is 0 Å². The first-order valence-corrected chi connectivity index (χ1v) is 6.52. The molecule has 0 atom stereocenters. The van der Waals surface area contributed by atoms with Crippen LogP contribution in [-0.4, -0.2) is 37.5 Å². The number of nitrogens with one attached hydrogen (secondary N) is 1. The van der Waals surface area contributed by atoms with Gasteiger partial charge in [-0.2, -0.15) is 8.42 Å². The van der Waals surface area contributed by atoms with Crippen LogP contribution in [0, 0.1) is 0 Å². The number of carbonyl (C=O) groups is 1. The van der Waals surface area contributed by atoms with Crippen molar-refractivity contribution in [1.82, 2.24) is 0 Å². The summed E-state index contributed by atoms with van der Waals surface area (Å²) in [7, 11) is -0.877. The fourth-order valence-electron chi connectivity index (χ4n) is 1.40. The van der Waals surface area contributed by atoms with E-state index in [0.29, 0.717) is 17.0 Å². The summed E-state index contributed by atoms with van der Waals surface area (Å²) < 4.78 is 26.4. The Kier molecular flexibility index (Phi) is 4.55. The molecule has 2 N–H and O–H groups in total. The van der Waals surface area contributed by atoms with Gasteiger partial charge in [-0.15, -0.1) is 0 Å². The molecule has 0 amide bonds. The molecule has 104 valence electrons. The lowest BCUT2D eigenvalue weighted by molar-refractivity contribution is -0.141. The number of benzene rings is 1. The largest absolute Gasteiger partial charge is 0.495 e. The van der Waals surface area contributed by atoms with E-state index in [-0.39, 0.29) is 0 Å². The fraction of sp³-hybridized carbons (Fsp3) is 0.333. The zero-order valence-electron chi connectivity index (χ0n) is 10.8. The Bertz CT molecular complexity index is 611. The topological polar surface area (TPSA) is 92.7 Å². The molecule has 0 radical (unpaired) electrons. The quantitative estimate of drug-likeness (QED) is 0.784. The van der Waals surface area contributed by atoms with Gasteiger partial charge in [0.1, 0.15) is 11.3 Å². The third kappa shape index (κ3) is 3.99. The third-order valence-corrected chi connectivity index (χ3v) is 2.90. The van der Waals surface area contributed by atoms with Crippen molar-refractivity contribution in [3.63, 3.8) is 0 Å². The van der Waals surface area contributed by atoms with E-state index in [0.717, 1.165) is 5.37 Å². The van der Waals surface area contributed by atoms with E-state index in [1.54, 1.807) is 12.1 Å². The van der Waals surface area contributed by atoms with Crippen molar-refractivity contribution in [3.05, 3.63) is 23.8 Å². The van der Waals surface area contributed by atoms with Gasteiger partial charge in [0.05, 0.1) is 18.2 Å². The molecular formula is C12H15NO5S. The number of aliphatic carboxylic acids is 1. The molecule has 1 aromatic carbocycles. The standard InChI is InChI=1S/C12H15NO5S/c1-12(2,11(14)15)13-9-6-8(7-19(16)17)4-5-10(9)18-3/h4-7,13H,1-3H3,(H,14,15). The van der Waals surface area contributed by atoms with Crippen molar-refractivity contribution in [2.45, 2.75) is 19.4 Å². The van der Waals surface area contributed by atoms with Crippen molar-refractivity contribution < 1.29 is 23.1 Å². The molecule has 0 aliphatic rings. The van der Waals surface area contributed by atoms with E-state index in [2.05, 4.69) is 5.32 Å². The molecule has 0 aromatic heterocycles. The van der Waals surface area contributed by atoms with Gasteiger partial charge in [-0.05, 0) is 31.5 Å². The molecule has 7 heteroatoms. The predicted octanol–water partition coefficient (Wildman–Crippen LogP) is 1.000. The molecule has 0 saturated heterocycles. The molecule has 1 aromatic rings. The lowest BCUT2D eigenvalue weighted by Gasteiger charge is -2.24. The highest BCUT2D eigenvalue weighted by atomic mass is 32.2. The van der Waals surface area contributed by atoms with Gasteiger partial charge in [0.25, 0.3) is 0 Å². The van der Waals surface area contributed by atoms with Crippen LogP contribution < -0.4 is 10.1 Å². The van der Waals surface area contributed by atoms with Crippen molar-refractivity contribution in [1.29, 1.82) is 0 Å². The van der Waals surface area contributed by atoms with Crippen molar-refractivity contribution >= 4 is 27.3 Å². The number of hydrogen-bond acceptors (Lipinski definition) is 5. The number of hydrogen-bond donors (Lipinski definition) is 2. The summed E-state index contributed by atoms with van der Waals surface area (Å²) in [5.74, 6) is -0.598. The van der Waals surface area contributed by atoms with Gasteiger partial charge in [0.2, 0.25) is 10.3 Å². The Hall–Kier alpha value is -2.02. The summed E-state index contributed by atoms with van der Waals surface area (Å²) in [6, 6.07) is 4.64. The second-order valence-electron chi connectivity index (χ2n) is 4.39. The van der Waals surface area contributed by atoms with Crippen LogP contribution in [-0.2, 0) is 15.1 Å². The number of rotatable bonds is 5. The zero-order chi connectivity index (χ0) is 14.6. The van der Waals surface area contributed by atoms with Crippen molar-refractivity contribution in [2.75, 3.05) is 12.4 Å². The monoisotopic (exact) mass is 285 g/mol. The fourth-order valence-corrected chi connectivity index (χ4v) is 1.77. The number of carboxylic acid groups (broad SMARTS) is 1. The first kappa shape index (κ1) is 15.0. The maximum absolute atomic E-state index is 11.1. The molecule has 0 heterocycles. The maximum atomic E-state index is 11.1. The number of ether oxygens (including phenoxy) is 1. The second-order valence-corrected chi connectivity index (χ2v) is 5.15. The lowest BCUT2D eigenvalue weighted by Crippen LogP contribution is -2.40. The van der Waals surface area contributed by atoms with Crippen molar-refractivity contribution in [2.24, 2.45) is 0 Å². The Morgan fingerprint density at radius 1 is 1.42 bits per heavy atom. The highest BCUT2D eigenvalue weighted by molar-refractivity contribution is 7.71. The van der Waals surface area contributed by atoms with Crippen LogP contribution in [0.15, 0.2) is 18.2 Å². The molecule has 0 aliphatic heterocycles. The van der Waals surface area contributed by atoms with Gasteiger partial charge in [0.15, 0.2) is 0 Å². The first-order chi connectivity index (χ1) is 8.76. The molecule has 0 saturated carbocycles. The van der Waals surface area contributed by atoms with Gasteiger partial charge in [0, 0.05) is 0 Å². The van der Waals surface area contributed by atoms with Gasteiger partial charge >= 0.3 is 5.97 Å². The van der Waals surface area contributed by atoms with Crippen LogP contribution in [0.3, 0.4) is 0 Å². The Labute approximate surface area is 112 Å². The smallest absolute Gasteiger partial charge is 0.328 e. The van der Waals surface area contributed by atoms with E-state index < -0.39 is 21.8 Å². The van der Waals surface area contributed by atoms with Gasteiger partial charge in [-0.25, -0.2) is 4.79 Å². The maximum Gasteiger partial charge on any atom is 0.328 e. The molecular weight excluding hydrogens is 270 g/mol. The molecule has 0 fully saturated rings. The number of methoxy groups -OCH3 is 1. The van der Waals surface area contributed by atoms with Crippen LogP contribution in [0.5, 0.6) is 5.75 Å². The van der Waals surface area contributed by atoms with Crippen LogP contribution in [0.1, 0.15) is 19.4 Å². The molecule has 1 rings (SSSR count).